The van der Waals surface area contributed by atoms with Gasteiger partial charge in [0.2, 0.25) is 5.84 Å². The van der Waals surface area contributed by atoms with Gasteiger partial charge in [0.1, 0.15) is 0 Å². The molecule has 0 heterocycles. The Bertz CT molecular complexity index is 120. The van der Waals surface area contributed by atoms with Gasteiger partial charge >= 0.3 is 6.18 Å². The molecule has 6 heteroatoms. The molecule has 0 bridgehead atoms. The summed E-state index contributed by atoms with van der Waals surface area (Å²) in [4.78, 5) is 0.708. The lowest BCUT2D eigenvalue weighted by molar-refractivity contribution is -0.0677. The van der Waals surface area contributed by atoms with Crippen LogP contribution in [0.1, 0.15) is 0 Å². The summed E-state index contributed by atoms with van der Waals surface area (Å²) in [5.41, 5.74) is 0. The van der Waals surface area contributed by atoms with Gasteiger partial charge in [0.15, 0.2) is 0 Å². The van der Waals surface area contributed by atoms with Gasteiger partial charge < -0.3 is 4.90 Å². The van der Waals surface area contributed by atoms with E-state index in [4.69, 9.17) is 5.41 Å². The fourth-order valence-corrected chi connectivity index (χ4v) is 0.254. The highest BCUT2D eigenvalue weighted by Crippen LogP contribution is 2.16. The van der Waals surface area contributed by atoms with Gasteiger partial charge in [0, 0.05) is 14.1 Å². The van der Waals surface area contributed by atoms with Crippen LogP contribution in [0.2, 0.25) is 0 Å². The lowest BCUT2D eigenvalue weighted by atomic mass is 10.5. The van der Waals surface area contributed by atoms with Crippen LogP contribution in [-0.4, -0.2) is 31.0 Å². The molecule has 0 unspecified atom stereocenters. The molecule has 0 atom stereocenters. The molecule has 0 spiro atoms. The number of nitrogens with one attached hydrogen (secondary N) is 1. The van der Waals surface area contributed by atoms with Crippen LogP contribution in [0.5, 0.6) is 0 Å². The van der Waals surface area contributed by atoms with Crippen molar-refractivity contribution in [3.63, 3.8) is 0 Å². The highest BCUT2D eigenvalue weighted by molar-refractivity contribution is 5.85. The largest absolute Gasteiger partial charge is 0.448 e. The molecule has 0 radical (unpaired) electrons. The molecule has 0 fully saturated rings. The van der Waals surface area contributed by atoms with Gasteiger partial charge in [0.05, 0.1) is 0 Å². The summed E-state index contributed by atoms with van der Waals surface area (Å²) in [7, 11) is 2.35. The summed E-state index contributed by atoms with van der Waals surface area (Å²) in [6.45, 7) is 0. The molecule has 0 amide bonds. The summed E-state index contributed by atoms with van der Waals surface area (Å²) >= 11 is 0. The molecule has 0 saturated heterocycles. The third kappa shape index (κ3) is 3.55. The number of rotatable bonds is 0. The topological polar surface area (TPSA) is 27.1 Å². The molecule has 0 aliphatic carbocycles. The van der Waals surface area contributed by atoms with Gasteiger partial charge in [0.25, 0.3) is 0 Å². The van der Waals surface area contributed by atoms with Crippen LogP contribution in [0, 0.1) is 5.41 Å². The Morgan fingerprint density at radius 1 is 1.30 bits per heavy atom. The van der Waals surface area contributed by atoms with Crippen LogP contribution in [0.15, 0.2) is 0 Å². The maximum absolute atomic E-state index is 11.4. The lowest BCUT2D eigenvalue weighted by Gasteiger charge is -2.15. The van der Waals surface area contributed by atoms with E-state index in [0.29, 0.717) is 4.90 Å². The van der Waals surface area contributed by atoms with Gasteiger partial charge in [-0.1, -0.05) is 0 Å². The average Bonchev–Trinajstić information content (AvgIpc) is 1.62. The molecule has 62 valence electrons. The van der Waals surface area contributed by atoms with Gasteiger partial charge in [-0.3, -0.25) is 5.41 Å². The highest BCUT2D eigenvalue weighted by Gasteiger charge is 2.35. The van der Waals surface area contributed by atoms with Crippen LogP contribution < -0.4 is 0 Å². The second kappa shape index (κ2) is 3.65. The molecule has 0 aromatic heterocycles. The quantitative estimate of drug-likeness (QED) is 0.440. The van der Waals surface area contributed by atoms with E-state index >= 15 is 0 Å². The summed E-state index contributed by atoms with van der Waals surface area (Å²) in [6, 6.07) is 0. The number of amidine groups is 1. The predicted molar refractivity (Wildman–Crippen MR) is 34.7 cm³/mol. The smallest absolute Gasteiger partial charge is 0.359 e. The van der Waals surface area contributed by atoms with Crippen molar-refractivity contribution < 1.29 is 13.2 Å². The Morgan fingerprint density at radius 3 is 1.60 bits per heavy atom. The lowest BCUT2D eigenvalue weighted by Crippen LogP contribution is -2.34. The zero-order valence-corrected chi connectivity index (χ0v) is 6.31. The van der Waals surface area contributed by atoms with E-state index in [1.807, 2.05) is 0 Å². The normalized spacial score (nSPS) is 10.1. The molecular weight excluding hydrogens is 169 g/mol. The molecule has 0 aromatic carbocycles. The van der Waals surface area contributed by atoms with Crippen molar-refractivity contribution in [1.82, 2.24) is 4.90 Å². The summed E-state index contributed by atoms with van der Waals surface area (Å²) in [5, 5.41) is 6.40. The fraction of sp³-hybridized carbons (Fsp3) is 0.750. The maximum Gasteiger partial charge on any atom is 0.448 e. The first-order chi connectivity index (χ1) is 3.85. The molecule has 0 aliphatic rings. The Labute approximate surface area is 62.9 Å². The second-order valence-electron chi connectivity index (χ2n) is 1.74. The molecule has 10 heavy (non-hydrogen) atoms. The molecule has 0 aromatic rings. The SMILES string of the molecule is CN(C)C(=N)C(F)(F)F.Cl. The van der Waals surface area contributed by atoms with Crippen LogP contribution >= 0.6 is 12.4 Å². The first-order valence-electron chi connectivity index (χ1n) is 2.18. The van der Waals surface area contributed by atoms with E-state index in [0.717, 1.165) is 0 Å². The van der Waals surface area contributed by atoms with Gasteiger partial charge in [-0.2, -0.15) is 13.2 Å². The Balaban J connectivity index is 0. The highest BCUT2D eigenvalue weighted by atomic mass is 35.5. The number of alkyl halides is 3. The van der Waals surface area contributed by atoms with E-state index in [2.05, 4.69) is 0 Å². The zero-order valence-electron chi connectivity index (χ0n) is 5.49. The number of nitrogens with zero attached hydrogens (tertiary/aromatic N) is 1. The number of halogens is 4. The van der Waals surface area contributed by atoms with E-state index in [1.54, 1.807) is 0 Å². The number of hydrogen-bond acceptors (Lipinski definition) is 1. The summed E-state index contributed by atoms with van der Waals surface area (Å²) in [6.07, 6.45) is -4.51. The minimum atomic E-state index is -4.51. The molecular formula is C4H8ClF3N2. The van der Waals surface area contributed by atoms with E-state index in [9.17, 15) is 13.2 Å². The minimum Gasteiger partial charge on any atom is -0.359 e. The van der Waals surface area contributed by atoms with Crippen molar-refractivity contribution in [3.05, 3.63) is 0 Å². The van der Waals surface area contributed by atoms with Crippen LogP contribution in [-0.2, 0) is 0 Å². The molecule has 0 rings (SSSR count). The molecule has 2 nitrogen and oxygen atoms in total. The van der Waals surface area contributed by atoms with Gasteiger partial charge in [-0.15, -0.1) is 12.4 Å². The molecule has 0 aliphatic heterocycles. The van der Waals surface area contributed by atoms with Crippen molar-refractivity contribution in [2.75, 3.05) is 14.1 Å². The summed E-state index contributed by atoms with van der Waals surface area (Å²) in [5.74, 6) is -1.33. The van der Waals surface area contributed by atoms with Gasteiger partial charge in [-0.25, -0.2) is 0 Å². The fourth-order valence-electron chi connectivity index (χ4n) is 0.254. The van der Waals surface area contributed by atoms with Crippen molar-refractivity contribution in [2.45, 2.75) is 6.18 Å². The first kappa shape index (κ1) is 12.2. The standard InChI is InChI=1S/C4H7F3N2.ClH/c1-9(2)3(8)4(5,6)7;/h8H,1-2H3;1H. The monoisotopic (exact) mass is 176 g/mol. The number of hydrogen-bond donors (Lipinski definition) is 1. The Hall–Kier alpha value is -0.450. The summed E-state index contributed by atoms with van der Waals surface area (Å²) < 4.78 is 34.3. The van der Waals surface area contributed by atoms with Crippen LogP contribution in [0.25, 0.3) is 0 Å². The minimum absolute atomic E-state index is 0. The van der Waals surface area contributed by atoms with E-state index in [-0.39, 0.29) is 12.4 Å². The Morgan fingerprint density at radius 2 is 1.60 bits per heavy atom. The molecule has 1 N–H and O–H groups in total. The Kier molecular flexibility index (Phi) is 4.47. The van der Waals surface area contributed by atoms with Crippen molar-refractivity contribution in [2.24, 2.45) is 0 Å². The van der Waals surface area contributed by atoms with Crippen LogP contribution in [0.4, 0.5) is 13.2 Å². The second-order valence-corrected chi connectivity index (χ2v) is 1.74. The van der Waals surface area contributed by atoms with Crippen molar-refractivity contribution in [1.29, 1.82) is 5.41 Å². The van der Waals surface area contributed by atoms with Crippen LogP contribution in [0.3, 0.4) is 0 Å². The maximum atomic E-state index is 11.4. The average molecular weight is 177 g/mol. The third-order valence-electron chi connectivity index (χ3n) is 0.716. The van der Waals surface area contributed by atoms with Gasteiger partial charge in [-0.05, 0) is 0 Å². The van der Waals surface area contributed by atoms with Crippen molar-refractivity contribution in [3.8, 4) is 0 Å². The third-order valence-corrected chi connectivity index (χ3v) is 0.716. The van der Waals surface area contributed by atoms with E-state index in [1.165, 1.54) is 14.1 Å². The van der Waals surface area contributed by atoms with Crippen molar-refractivity contribution >= 4 is 18.2 Å². The predicted octanol–water partition coefficient (Wildman–Crippen LogP) is 1.51. The first-order valence-corrected chi connectivity index (χ1v) is 2.18. The zero-order chi connectivity index (χ0) is 7.65. The van der Waals surface area contributed by atoms with E-state index < -0.39 is 12.0 Å². The molecule has 0 saturated carbocycles.